The Morgan fingerprint density at radius 1 is 1.06 bits per heavy atom. The van der Waals surface area contributed by atoms with Crippen LogP contribution < -0.4 is 5.32 Å². The average molecular weight is 291 g/mol. The zero-order valence-corrected chi connectivity index (χ0v) is 13.0. The number of hydrogen-bond donors (Lipinski definition) is 1. The van der Waals surface area contributed by atoms with Crippen molar-refractivity contribution >= 4 is 24.8 Å². The van der Waals surface area contributed by atoms with E-state index >= 15 is 0 Å². The van der Waals surface area contributed by atoms with Gasteiger partial charge >= 0.3 is 0 Å². The minimum Gasteiger partial charge on any atom is -0.314 e. The monoisotopic (exact) mass is 290 g/mol. The lowest BCUT2D eigenvalue weighted by Gasteiger charge is -2.33. The molecule has 0 bridgehead atoms. The summed E-state index contributed by atoms with van der Waals surface area (Å²) in [5.41, 5.74) is 4.24. The molecule has 1 heterocycles. The summed E-state index contributed by atoms with van der Waals surface area (Å²) in [6, 6.07) is 7.39. The Kier molecular flexibility index (Phi) is 7.88. The Bertz CT molecular complexity index is 363. The van der Waals surface area contributed by atoms with Gasteiger partial charge in [0.15, 0.2) is 0 Å². The molecule has 1 fully saturated rings. The van der Waals surface area contributed by atoms with Crippen LogP contribution in [0, 0.1) is 13.8 Å². The standard InChI is InChI=1S/C14H22N2.2ClH/c1-11-4-5-14(10-12(11)2)13(3)16-8-6-15-7-9-16;;/h4-5,10,13,15H,6-9H2,1-3H3;2*1H/t13-;;/m1../s1. The maximum atomic E-state index is 3.40. The molecule has 1 aromatic carbocycles. The second kappa shape index (κ2) is 8.00. The van der Waals surface area contributed by atoms with E-state index in [1.165, 1.54) is 16.7 Å². The largest absolute Gasteiger partial charge is 0.314 e. The van der Waals surface area contributed by atoms with Crippen LogP contribution in [-0.4, -0.2) is 31.1 Å². The van der Waals surface area contributed by atoms with Gasteiger partial charge in [0.2, 0.25) is 0 Å². The molecule has 1 N–H and O–H groups in total. The molecule has 0 amide bonds. The van der Waals surface area contributed by atoms with E-state index in [4.69, 9.17) is 0 Å². The van der Waals surface area contributed by atoms with Crippen molar-refractivity contribution in [2.45, 2.75) is 26.8 Å². The fourth-order valence-corrected chi connectivity index (χ4v) is 2.30. The number of nitrogens with one attached hydrogen (secondary N) is 1. The predicted molar refractivity (Wildman–Crippen MR) is 83.3 cm³/mol. The molecule has 0 radical (unpaired) electrons. The fourth-order valence-electron chi connectivity index (χ4n) is 2.30. The highest BCUT2D eigenvalue weighted by Gasteiger charge is 2.17. The molecule has 1 atom stereocenters. The summed E-state index contributed by atoms with van der Waals surface area (Å²) in [6.45, 7) is 11.2. The summed E-state index contributed by atoms with van der Waals surface area (Å²) in [5, 5.41) is 3.40. The van der Waals surface area contributed by atoms with Crippen LogP contribution in [0.3, 0.4) is 0 Å². The highest BCUT2D eigenvalue weighted by Crippen LogP contribution is 2.22. The van der Waals surface area contributed by atoms with Gasteiger partial charge in [-0.25, -0.2) is 0 Å². The zero-order chi connectivity index (χ0) is 11.5. The van der Waals surface area contributed by atoms with Crippen molar-refractivity contribution in [1.29, 1.82) is 0 Å². The molecule has 18 heavy (non-hydrogen) atoms. The van der Waals surface area contributed by atoms with E-state index in [0.29, 0.717) is 6.04 Å². The Balaban J connectivity index is 0.00000144. The summed E-state index contributed by atoms with van der Waals surface area (Å²) < 4.78 is 0. The van der Waals surface area contributed by atoms with Crippen LogP contribution in [0.5, 0.6) is 0 Å². The molecule has 2 rings (SSSR count). The molecular weight excluding hydrogens is 267 g/mol. The lowest BCUT2D eigenvalue weighted by atomic mass is 10.0. The first-order chi connectivity index (χ1) is 7.68. The number of piperazine rings is 1. The number of rotatable bonds is 2. The van der Waals surface area contributed by atoms with Gasteiger partial charge in [-0.1, -0.05) is 18.2 Å². The van der Waals surface area contributed by atoms with E-state index < -0.39 is 0 Å². The number of aryl methyl sites for hydroxylation is 2. The summed E-state index contributed by atoms with van der Waals surface area (Å²) in [7, 11) is 0. The van der Waals surface area contributed by atoms with Gasteiger partial charge in [0, 0.05) is 32.2 Å². The maximum Gasteiger partial charge on any atom is 0.0321 e. The molecule has 1 aliphatic rings. The number of nitrogens with zero attached hydrogens (tertiary/aromatic N) is 1. The first kappa shape index (κ1) is 17.7. The van der Waals surface area contributed by atoms with E-state index in [1.807, 2.05) is 0 Å². The Morgan fingerprint density at radius 3 is 2.22 bits per heavy atom. The third-order valence-corrected chi connectivity index (χ3v) is 3.71. The summed E-state index contributed by atoms with van der Waals surface area (Å²) in [5.74, 6) is 0. The lowest BCUT2D eigenvalue weighted by Crippen LogP contribution is -2.44. The van der Waals surface area contributed by atoms with Gasteiger partial charge in [0.1, 0.15) is 0 Å². The third kappa shape index (κ3) is 4.13. The van der Waals surface area contributed by atoms with Crippen molar-refractivity contribution in [1.82, 2.24) is 10.2 Å². The molecule has 1 saturated heterocycles. The predicted octanol–water partition coefficient (Wildman–Crippen LogP) is 3.11. The van der Waals surface area contributed by atoms with Crippen LogP contribution in [0.15, 0.2) is 18.2 Å². The lowest BCUT2D eigenvalue weighted by molar-refractivity contribution is 0.185. The summed E-state index contributed by atoms with van der Waals surface area (Å²) in [6.07, 6.45) is 0. The van der Waals surface area contributed by atoms with Gasteiger partial charge in [-0.3, -0.25) is 4.90 Å². The van der Waals surface area contributed by atoms with Crippen LogP contribution in [0.1, 0.15) is 29.7 Å². The molecule has 0 aromatic heterocycles. The highest BCUT2D eigenvalue weighted by molar-refractivity contribution is 5.85. The van der Waals surface area contributed by atoms with Crippen molar-refractivity contribution in [2.24, 2.45) is 0 Å². The van der Waals surface area contributed by atoms with Crippen LogP contribution in [0.25, 0.3) is 0 Å². The Hall–Kier alpha value is -0.280. The molecule has 1 aliphatic heterocycles. The van der Waals surface area contributed by atoms with Crippen molar-refractivity contribution in [3.8, 4) is 0 Å². The second-order valence-corrected chi connectivity index (χ2v) is 4.81. The van der Waals surface area contributed by atoms with E-state index in [1.54, 1.807) is 0 Å². The number of benzene rings is 1. The summed E-state index contributed by atoms with van der Waals surface area (Å²) in [4.78, 5) is 2.56. The molecule has 0 aliphatic carbocycles. The second-order valence-electron chi connectivity index (χ2n) is 4.81. The van der Waals surface area contributed by atoms with Crippen molar-refractivity contribution in [2.75, 3.05) is 26.2 Å². The number of hydrogen-bond acceptors (Lipinski definition) is 2. The van der Waals surface area contributed by atoms with E-state index in [-0.39, 0.29) is 24.8 Å². The average Bonchev–Trinajstić information content (AvgIpc) is 2.33. The Labute approximate surface area is 123 Å². The maximum absolute atomic E-state index is 3.40. The van der Waals surface area contributed by atoms with Gasteiger partial charge in [0.05, 0.1) is 0 Å². The van der Waals surface area contributed by atoms with Crippen LogP contribution >= 0.6 is 24.8 Å². The van der Waals surface area contributed by atoms with Crippen molar-refractivity contribution < 1.29 is 0 Å². The first-order valence-corrected chi connectivity index (χ1v) is 6.20. The number of halogens is 2. The molecule has 0 saturated carbocycles. The van der Waals surface area contributed by atoms with Crippen molar-refractivity contribution in [3.63, 3.8) is 0 Å². The molecule has 0 spiro atoms. The van der Waals surface area contributed by atoms with Gasteiger partial charge < -0.3 is 5.32 Å². The van der Waals surface area contributed by atoms with E-state index in [2.05, 4.69) is 49.2 Å². The SMILES string of the molecule is Cc1ccc([C@@H](C)N2CCNCC2)cc1C.Cl.Cl. The molecule has 104 valence electrons. The van der Waals surface area contributed by atoms with E-state index in [0.717, 1.165) is 26.2 Å². The normalized spacial score (nSPS) is 17.5. The highest BCUT2D eigenvalue weighted by atomic mass is 35.5. The molecule has 0 unspecified atom stereocenters. The molecule has 4 heteroatoms. The van der Waals surface area contributed by atoms with Crippen LogP contribution in [0.2, 0.25) is 0 Å². The summed E-state index contributed by atoms with van der Waals surface area (Å²) >= 11 is 0. The fraction of sp³-hybridized carbons (Fsp3) is 0.571. The topological polar surface area (TPSA) is 15.3 Å². The third-order valence-electron chi connectivity index (χ3n) is 3.71. The zero-order valence-electron chi connectivity index (χ0n) is 11.4. The van der Waals surface area contributed by atoms with E-state index in [9.17, 15) is 0 Å². The van der Waals surface area contributed by atoms with Crippen LogP contribution in [0.4, 0.5) is 0 Å². The van der Waals surface area contributed by atoms with Gasteiger partial charge in [-0.05, 0) is 37.5 Å². The minimum absolute atomic E-state index is 0. The molecule has 1 aromatic rings. The quantitative estimate of drug-likeness (QED) is 0.900. The molecular formula is C14H24Cl2N2. The van der Waals surface area contributed by atoms with Gasteiger partial charge in [0.25, 0.3) is 0 Å². The smallest absolute Gasteiger partial charge is 0.0321 e. The van der Waals surface area contributed by atoms with Gasteiger partial charge in [-0.15, -0.1) is 24.8 Å². The minimum atomic E-state index is 0. The molecule has 2 nitrogen and oxygen atoms in total. The first-order valence-electron chi connectivity index (χ1n) is 6.20. The Morgan fingerprint density at radius 2 is 1.67 bits per heavy atom. The van der Waals surface area contributed by atoms with Gasteiger partial charge in [-0.2, -0.15) is 0 Å². The van der Waals surface area contributed by atoms with Crippen molar-refractivity contribution in [3.05, 3.63) is 34.9 Å². The van der Waals surface area contributed by atoms with Crippen LogP contribution in [-0.2, 0) is 0 Å².